The Morgan fingerprint density at radius 2 is 2.00 bits per heavy atom. The minimum atomic E-state index is -0.0291. The van der Waals surface area contributed by atoms with Crippen LogP contribution in [0.2, 0.25) is 0 Å². The number of urea groups is 1. The molecule has 1 fully saturated rings. The van der Waals surface area contributed by atoms with Crippen LogP contribution in [0.25, 0.3) is 0 Å². The molecule has 0 bridgehead atoms. The van der Waals surface area contributed by atoms with E-state index in [-0.39, 0.29) is 6.03 Å². The van der Waals surface area contributed by atoms with Crippen molar-refractivity contribution >= 4 is 11.7 Å². The SMILES string of the molecule is COc1ccc(C)cc1NC(=O)N1CCCCC1. The van der Waals surface area contributed by atoms with Crippen LogP contribution in [0.5, 0.6) is 5.75 Å². The van der Waals surface area contributed by atoms with Gasteiger partial charge in [-0.15, -0.1) is 0 Å². The van der Waals surface area contributed by atoms with Crippen LogP contribution in [0, 0.1) is 6.92 Å². The topological polar surface area (TPSA) is 41.6 Å². The fourth-order valence-corrected chi connectivity index (χ4v) is 2.21. The second-order valence-corrected chi connectivity index (χ2v) is 4.68. The number of ether oxygens (including phenoxy) is 1. The van der Waals surface area contributed by atoms with Crippen molar-refractivity contribution in [3.05, 3.63) is 23.8 Å². The van der Waals surface area contributed by atoms with Crippen molar-refractivity contribution in [3.8, 4) is 5.75 Å². The Labute approximate surface area is 108 Å². The molecule has 0 aromatic heterocycles. The van der Waals surface area contributed by atoms with E-state index in [9.17, 15) is 4.79 Å². The maximum atomic E-state index is 12.1. The van der Waals surface area contributed by atoms with Crippen molar-refractivity contribution in [1.29, 1.82) is 0 Å². The number of nitrogens with zero attached hydrogens (tertiary/aromatic N) is 1. The molecule has 1 aromatic carbocycles. The molecule has 2 rings (SSSR count). The van der Waals surface area contributed by atoms with Crippen molar-refractivity contribution in [2.24, 2.45) is 0 Å². The van der Waals surface area contributed by atoms with E-state index in [1.807, 2.05) is 30.0 Å². The highest BCUT2D eigenvalue weighted by Gasteiger charge is 2.17. The third kappa shape index (κ3) is 2.94. The van der Waals surface area contributed by atoms with Gasteiger partial charge in [0.25, 0.3) is 0 Å². The number of carbonyl (C=O) groups is 1. The molecule has 1 aromatic rings. The smallest absolute Gasteiger partial charge is 0.321 e. The first-order valence-electron chi connectivity index (χ1n) is 6.41. The molecule has 1 aliphatic rings. The average molecular weight is 248 g/mol. The van der Waals surface area contributed by atoms with E-state index in [1.165, 1.54) is 6.42 Å². The van der Waals surface area contributed by atoms with Gasteiger partial charge in [0.15, 0.2) is 0 Å². The first kappa shape index (κ1) is 12.7. The Morgan fingerprint density at radius 1 is 1.28 bits per heavy atom. The molecule has 18 heavy (non-hydrogen) atoms. The molecule has 0 atom stereocenters. The summed E-state index contributed by atoms with van der Waals surface area (Å²) in [6, 6.07) is 5.75. The Kier molecular flexibility index (Phi) is 4.07. The van der Waals surface area contributed by atoms with Crippen LogP contribution in [0.1, 0.15) is 24.8 Å². The largest absolute Gasteiger partial charge is 0.495 e. The van der Waals surface area contributed by atoms with Crippen molar-refractivity contribution in [2.75, 3.05) is 25.5 Å². The molecule has 4 heteroatoms. The van der Waals surface area contributed by atoms with Crippen LogP contribution < -0.4 is 10.1 Å². The van der Waals surface area contributed by atoms with Gasteiger partial charge in [-0.25, -0.2) is 4.79 Å². The highest BCUT2D eigenvalue weighted by Crippen LogP contribution is 2.25. The Balaban J connectivity index is 2.07. The van der Waals surface area contributed by atoms with Crippen LogP contribution >= 0.6 is 0 Å². The summed E-state index contributed by atoms with van der Waals surface area (Å²) in [5, 5.41) is 2.93. The summed E-state index contributed by atoms with van der Waals surface area (Å²) in [6.07, 6.45) is 3.41. The molecular weight excluding hydrogens is 228 g/mol. The third-order valence-electron chi connectivity index (χ3n) is 3.24. The highest BCUT2D eigenvalue weighted by atomic mass is 16.5. The molecule has 4 nitrogen and oxygen atoms in total. The zero-order chi connectivity index (χ0) is 13.0. The van der Waals surface area contributed by atoms with Gasteiger partial charge in [0, 0.05) is 13.1 Å². The van der Waals surface area contributed by atoms with Crippen LogP contribution in [0.15, 0.2) is 18.2 Å². The molecule has 0 spiro atoms. The zero-order valence-electron chi connectivity index (χ0n) is 11.0. The van der Waals surface area contributed by atoms with Crippen LogP contribution in [0.4, 0.5) is 10.5 Å². The van der Waals surface area contributed by atoms with E-state index < -0.39 is 0 Å². The van der Waals surface area contributed by atoms with Gasteiger partial charge in [0.2, 0.25) is 0 Å². The van der Waals surface area contributed by atoms with E-state index in [1.54, 1.807) is 7.11 Å². The molecule has 1 heterocycles. The zero-order valence-corrected chi connectivity index (χ0v) is 11.0. The summed E-state index contributed by atoms with van der Waals surface area (Å²) in [6.45, 7) is 3.69. The second kappa shape index (κ2) is 5.76. The van der Waals surface area contributed by atoms with Crippen molar-refractivity contribution in [1.82, 2.24) is 4.90 Å². The van der Waals surface area contributed by atoms with Gasteiger partial charge in [-0.3, -0.25) is 0 Å². The quantitative estimate of drug-likeness (QED) is 0.874. The fraction of sp³-hybridized carbons (Fsp3) is 0.500. The normalized spacial score (nSPS) is 15.3. The number of aryl methyl sites for hydroxylation is 1. The average Bonchev–Trinajstić information content (AvgIpc) is 2.40. The van der Waals surface area contributed by atoms with Crippen LogP contribution in [-0.2, 0) is 0 Å². The molecular formula is C14H20N2O2. The monoisotopic (exact) mass is 248 g/mol. The number of amides is 2. The number of hydrogen-bond acceptors (Lipinski definition) is 2. The highest BCUT2D eigenvalue weighted by molar-refractivity contribution is 5.91. The molecule has 0 radical (unpaired) electrons. The second-order valence-electron chi connectivity index (χ2n) is 4.68. The van der Waals surface area contributed by atoms with Gasteiger partial charge in [-0.1, -0.05) is 6.07 Å². The number of methoxy groups -OCH3 is 1. The standard InChI is InChI=1S/C14H20N2O2/c1-11-6-7-13(18-2)12(10-11)15-14(17)16-8-4-3-5-9-16/h6-7,10H,3-5,8-9H2,1-2H3,(H,15,17). The maximum absolute atomic E-state index is 12.1. The van der Waals surface area contributed by atoms with Gasteiger partial charge in [-0.2, -0.15) is 0 Å². The Hall–Kier alpha value is -1.71. The lowest BCUT2D eigenvalue weighted by atomic mass is 10.1. The summed E-state index contributed by atoms with van der Waals surface area (Å²) < 4.78 is 5.26. The number of anilines is 1. The third-order valence-corrected chi connectivity index (χ3v) is 3.24. The Bertz CT molecular complexity index is 426. The van der Waals surface area contributed by atoms with Crippen LogP contribution in [-0.4, -0.2) is 31.1 Å². The molecule has 2 amide bonds. The fourth-order valence-electron chi connectivity index (χ4n) is 2.21. The maximum Gasteiger partial charge on any atom is 0.321 e. The molecule has 1 N–H and O–H groups in total. The number of piperidine rings is 1. The minimum absolute atomic E-state index is 0.0291. The first-order chi connectivity index (χ1) is 8.70. The first-order valence-corrected chi connectivity index (χ1v) is 6.41. The lowest BCUT2D eigenvalue weighted by molar-refractivity contribution is 0.200. The van der Waals surface area contributed by atoms with Crippen LogP contribution in [0.3, 0.4) is 0 Å². The van der Waals surface area contributed by atoms with E-state index in [2.05, 4.69) is 5.32 Å². The predicted molar refractivity (Wildman–Crippen MR) is 72.2 cm³/mol. The Morgan fingerprint density at radius 3 is 2.67 bits per heavy atom. The number of benzene rings is 1. The van der Waals surface area contributed by atoms with Gasteiger partial charge < -0.3 is 15.0 Å². The van der Waals surface area contributed by atoms with Gasteiger partial charge in [-0.05, 0) is 43.9 Å². The van der Waals surface area contributed by atoms with Crippen molar-refractivity contribution in [2.45, 2.75) is 26.2 Å². The van der Waals surface area contributed by atoms with Crippen molar-refractivity contribution < 1.29 is 9.53 Å². The molecule has 1 saturated heterocycles. The van der Waals surface area contributed by atoms with Crippen molar-refractivity contribution in [3.63, 3.8) is 0 Å². The number of rotatable bonds is 2. The number of carbonyl (C=O) groups excluding carboxylic acids is 1. The number of nitrogens with one attached hydrogen (secondary N) is 1. The molecule has 1 aliphatic heterocycles. The lowest BCUT2D eigenvalue weighted by Gasteiger charge is -2.27. The summed E-state index contributed by atoms with van der Waals surface area (Å²) in [7, 11) is 1.61. The predicted octanol–water partition coefficient (Wildman–Crippen LogP) is 3.02. The van der Waals surface area contributed by atoms with E-state index in [0.29, 0.717) is 5.75 Å². The molecule has 0 aliphatic carbocycles. The van der Waals surface area contributed by atoms with E-state index >= 15 is 0 Å². The number of likely N-dealkylation sites (tertiary alicyclic amines) is 1. The van der Waals surface area contributed by atoms with E-state index in [0.717, 1.165) is 37.2 Å². The summed E-state index contributed by atoms with van der Waals surface area (Å²) in [4.78, 5) is 14.0. The molecule has 0 unspecified atom stereocenters. The summed E-state index contributed by atoms with van der Waals surface area (Å²) in [5.74, 6) is 0.700. The summed E-state index contributed by atoms with van der Waals surface area (Å²) >= 11 is 0. The lowest BCUT2D eigenvalue weighted by Crippen LogP contribution is -2.38. The van der Waals surface area contributed by atoms with E-state index in [4.69, 9.17) is 4.74 Å². The van der Waals surface area contributed by atoms with Gasteiger partial charge >= 0.3 is 6.03 Å². The van der Waals surface area contributed by atoms with Gasteiger partial charge in [0.1, 0.15) is 5.75 Å². The number of hydrogen-bond donors (Lipinski definition) is 1. The van der Waals surface area contributed by atoms with Gasteiger partial charge in [0.05, 0.1) is 12.8 Å². The minimum Gasteiger partial charge on any atom is -0.495 e. The summed E-state index contributed by atoms with van der Waals surface area (Å²) in [5.41, 5.74) is 1.85. The molecule has 0 saturated carbocycles. The molecule has 98 valence electrons.